The Hall–Kier alpha value is -2.29. The van der Waals surface area contributed by atoms with Crippen molar-refractivity contribution in [2.24, 2.45) is 0 Å². The van der Waals surface area contributed by atoms with Gasteiger partial charge in [0.25, 0.3) is 0 Å². The molecule has 0 aliphatic rings. The summed E-state index contributed by atoms with van der Waals surface area (Å²) in [7, 11) is 3.85. The van der Waals surface area contributed by atoms with Crippen LogP contribution < -0.4 is 10.6 Å². The standard InChI is InChI=1S/C16H18N2O/c1-11-4-6-12(7-5-11)16(19)13-8-9-15(18(2)3)14(17)10-13/h4-10H,17H2,1-3H3. The smallest absolute Gasteiger partial charge is 0.193 e. The molecule has 2 N–H and O–H groups in total. The molecule has 3 nitrogen and oxygen atoms in total. The molecule has 0 aromatic heterocycles. The molecule has 0 aliphatic heterocycles. The number of ketones is 1. The van der Waals surface area contributed by atoms with Crippen LogP contribution in [0.3, 0.4) is 0 Å². The molecule has 0 aliphatic carbocycles. The van der Waals surface area contributed by atoms with Crippen molar-refractivity contribution in [3.05, 3.63) is 59.2 Å². The highest BCUT2D eigenvalue weighted by Crippen LogP contribution is 2.23. The van der Waals surface area contributed by atoms with Gasteiger partial charge in [0.15, 0.2) is 5.78 Å². The summed E-state index contributed by atoms with van der Waals surface area (Å²) in [5.41, 5.74) is 9.94. The summed E-state index contributed by atoms with van der Waals surface area (Å²) in [5, 5.41) is 0. The largest absolute Gasteiger partial charge is 0.397 e. The average molecular weight is 254 g/mol. The number of aryl methyl sites for hydroxylation is 1. The fourth-order valence-electron chi connectivity index (χ4n) is 1.97. The third-order valence-corrected chi connectivity index (χ3v) is 3.09. The van der Waals surface area contributed by atoms with E-state index in [1.807, 2.05) is 62.3 Å². The minimum Gasteiger partial charge on any atom is -0.397 e. The van der Waals surface area contributed by atoms with Gasteiger partial charge < -0.3 is 10.6 Å². The van der Waals surface area contributed by atoms with E-state index in [1.165, 1.54) is 0 Å². The van der Waals surface area contributed by atoms with Crippen LogP contribution in [0.1, 0.15) is 21.5 Å². The topological polar surface area (TPSA) is 46.3 Å². The summed E-state index contributed by atoms with van der Waals surface area (Å²) in [5.74, 6) is -0.00277. The number of nitrogens with zero attached hydrogens (tertiary/aromatic N) is 1. The van der Waals surface area contributed by atoms with E-state index in [1.54, 1.807) is 6.07 Å². The van der Waals surface area contributed by atoms with Crippen molar-refractivity contribution in [2.75, 3.05) is 24.7 Å². The Morgan fingerprint density at radius 1 is 1.00 bits per heavy atom. The van der Waals surface area contributed by atoms with E-state index < -0.39 is 0 Å². The van der Waals surface area contributed by atoms with Gasteiger partial charge in [-0.3, -0.25) is 4.79 Å². The lowest BCUT2D eigenvalue weighted by Gasteiger charge is -2.15. The number of hydrogen-bond donors (Lipinski definition) is 1. The summed E-state index contributed by atoms with van der Waals surface area (Å²) in [6.07, 6.45) is 0. The first kappa shape index (κ1) is 13.1. The van der Waals surface area contributed by atoms with Crippen LogP contribution in [-0.4, -0.2) is 19.9 Å². The van der Waals surface area contributed by atoms with Crippen LogP contribution in [0.15, 0.2) is 42.5 Å². The monoisotopic (exact) mass is 254 g/mol. The number of carbonyl (C=O) groups is 1. The van der Waals surface area contributed by atoms with Gasteiger partial charge in [-0.05, 0) is 25.1 Å². The van der Waals surface area contributed by atoms with Gasteiger partial charge in [0.05, 0.1) is 11.4 Å². The second-order valence-corrected chi connectivity index (χ2v) is 4.86. The number of hydrogen-bond acceptors (Lipinski definition) is 3. The van der Waals surface area contributed by atoms with Crippen LogP contribution >= 0.6 is 0 Å². The maximum Gasteiger partial charge on any atom is 0.193 e. The summed E-state index contributed by atoms with van der Waals surface area (Å²) < 4.78 is 0. The van der Waals surface area contributed by atoms with Gasteiger partial charge >= 0.3 is 0 Å². The van der Waals surface area contributed by atoms with E-state index >= 15 is 0 Å². The predicted molar refractivity (Wildman–Crippen MR) is 79.8 cm³/mol. The molecule has 2 aromatic carbocycles. The van der Waals surface area contributed by atoms with E-state index in [2.05, 4.69) is 0 Å². The second kappa shape index (κ2) is 5.14. The number of nitrogens with two attached hydrogens (primary N) is 1. The van der Waals surface area contributed by atoms with Crippen LogP contribution in [-0.2, 0) is 0 Å². The summed E-state index contributed by atoms with van der Waals surface area (Å²) in [6, 6.07) is 13.0. The van der Waals surface area contributed by atoms with Crippen molar-refractivity contribution < 1.29 is 4.79 Å². The second-order valence-electron chi connectivity index (χ2n) is 4.86. The zero-order chi connectivity index (χ0) is 14.0. The number of nitrogen functional groups attached to an aromatic ring is 1. The van der Waals surface area contributed by atoms with Gasteiger partial charge in [0.2, 0.25) is 0 Å². The molecule has 19 heavy (non-hydrogen) atoms. The molecule has 2 aromatic rings. The van der Waals surface area contributed by atoms with Crippen molar-refractivity contribution in [1.29, 1.82) is 0 Å². The highest BCUT2D eigenvalue weighted by atomic mass is 16.1. The van der Waals surface area contributed by atoms with Crippen LogP contribution in [0.4, 0.5) is 11.4 Å². The molecule has 0 amide bonds. The number of carbonyl (C=O) groups excluding carboxylic acids is 1. The molecule has 3 heteroatoms. The Morgan fingerprint density at radius 3 is 2.11 bits per heavy atom. The van der Waals surface area contributed by atoms with Gasteiger partial charge in [0.1, 0.15) is 0 Å². The molecule has 0 radical (unpaired) electrons. The van der Waals surface area contributed by atoms with Crippen molar-refractivity contribution in [2.45, 2.75) is 6.92 Å². The van der Waals surface area contributed by atoms with E-state index in [0.717, 1.165) is 11.3 Å². The van der Waals surface area contributed by atoms with Crippen molar-refractivity contribution >= 4 is 17.2 Å². The highest BCUT2D eigenvalue weighted by Gasteiger charge is 2.11. The summed E-state index contributed by atoms with van der Waals surface area (Å²) in [4.78, 5) is 14.2. The fourth-order valence-corrected chi connectivity index (χ4v) is 1.97. The number of benzene rings is 2. The SMILES string of the molecule is Cc1ccc(C(=O)c2ccc(N(C)C)c(N)c2)cc1. The lowest BCUT2D eigenvalue weighted by Crippen LogP contribution is -2.12. The van der Waals surface area contributed by atoms with E-state index in [0.29, 0.717) is 16.8 Å². The quantitative estimate of drug-likeness (QED) is 0.676. The minimum absolute atomic E-state index is 0.00277. The van der Waals surface area contributed by atoms with Crippen LogP contribution in [0.5, 0.6) is 0 Å². The molecule has 0 saturated heterocycles. The molecule has 0 saturated carbocycles. The Morgan fingerprint density at radius 2 is 1.58 bits per heavy atom. The van der Waals surface area contributed by atoms with Gasteiger partial charge in [-0.15, -0.1) is 0 Å². The zero-order valence-corrected chi connectivity index (χ0v) is 11.5. The molecule has 2 rings (SSSR count). The third kappa shape index (κ3) is 2.76. The third-order valence-electron chi connectivity index (χ3n) is 3.09. The zero-order valence-electron chi connectivity index (χ0n) is 11.5. The highest BCUT2D eigenvalue weighted by molar-refractivity contribution is 6.09. The van der Waals surface area contributed by atoms with E-state index in [4.69, 9.17) is 5.73 Å². The normalized spacial score (nSPS) is 10.3. The molecule has 0 spiro atoms. The van der Waals surface area contributed by atoms with Gasteiger partial charge in [-0.1, -0.05) is 29.8 Å². The van der Waals surface area contributed by atoms with Crippen LogP contribution in [0.2, 0.25) is 0 Å². The molecule has 0 unspecified atom stereocenters. The first-order valence-electron chi connectivity index (χ1n) is 6.17. The molecule has 0 heterocycles. The van der Waals surface area contributed by atoms with Gasteiger partial charge in [-0.25, -0.2) is 0 Å². The number of rotatable bonds is 3. The van der Waals surface area contributed by atoms with E-state index in [-0.39, 0.29) is 5.78 Å². The first-order valence-corrected chi connectivity index (χ1v) is 6.17. The van der Waals surface area contributed by atoms with Crippen molar-refractivity contribution in [3.8, 4) is 0 Å². The van der Waals surface area contributed by atoms with Gasteiger partial charge in [-0.2, -0.15) is 0 Å². The lowest BCUT2D eigenvalue weighted by atomic mass is 10.0. The first-order chi connectivity index (χ1) is 8.99. The Balaban J connectivity index is 2.34. The molecule has 0 atom stereocenters. The Labute approximate surface area is 113 Å². The lowest BCUT2D eigenvalue weighted by molar-refractivity contribution is 0.103. The predicted octanol–water partition coefficient (Wildman–Crippen LogP) is 2.87. The van der Waals surface area contributed by atoms with Crippen LogP contribution in [0.25, 0.3) is 0 Å². The van der Waals surface area contributed by atoms with Crippen molar-refractivity contribution in [1.82, 2.24) is 0 Å². The molecular formula is C16H18N2O. The number of anilines is 2. The fraction of sp³-hybridized carbons (Fsp3) is 0.188. The molecular weight excluding hydrogens is 236 g/mol. The summed E-state index contributed by atoms with van der Waals surface area (Å²) >= 11 is 0. The average Bonchev–Trinajstić information content (AvgIpc) is 2.38. The Kier molecular flexibility index (Phi) is 3.56. The Bertz CT molecular complexity index is 601. The minimum atomic E-state index is -0.00277. The van der Waals surface area contributed by atoms with Crippen molar-refractivity contribution in [3.63, 3.8) is 0 Å². The van der Waals surface area contributed by atoms with E-state index in [9.17, 15) is 4.79 Å². The van der Waals surface area contributed by atoms with Gasteiger partial charge in [0, 0.05) is 25.2 Å². The summed E-state index contributed by atoms with van der Waals surface area (Å²) in [6.45, 7) is 2.00. The van der Waals surface area contributed by atoms with Crippen LogP contribution in [0, 0.1) is 6.92 Å². The molecule has 0 fully saturated rings. The maximum absolute atomic E-state index is 12.3. The maximum atomic E-state index is 12.3. The molecule has 0 bridgehead atoms. The molecule has 98 valence electrons.